The molecule has 1 fully saturated rings. The van der Waals surface area contributed by atoms with E-state index in [1.807, 2.05) is 37.0 Å². The van der Waals surface area contributed by atoms with E-state index in [0.717, 1.165) is 34.5 Å². The van der Waals surface area contributed by atoms with Crippen LogP contribution in [0.2, 0.25) is 0 Å². The summed E-state index contributed by atoms with van der Waals surface area (Å²) in [6, 6.07) is 16.7. The first-order valence-corrected chi connectivity index (χ1v) is 13.0. The summed E-state index contributed by atoms with van der Waals surface area (Å²) >= 11 is 0. The lowest BCUT2D eigenvalue weighted by atomic mass is 9.99. The lowest BCUT2D eigenvalue weighted by Crippen LogP contribution is -2.53. The zero-order valence-corrected chi connectivity index (χ0v) is 22.2. The summed E-state index contributed by atoms with van der Waals surface area (Å²) in [5.41, 5.74) is 8.12. The van der Waals surface area contributed by atoms with Crippen molar-refractivity contribution in [3.8, 4) is 0 Å². The fraction of sp³-hybridized carbons (Fsp3) is 0.276. The van der Waals surface area contributed by atoms with Crippen molar-refractivity contribution < 1.29 is 9.90 Å². The number of carbonyl (C=O) groups is 1. The highest BCUT2D eigenvalue weighted by molar-refractivity contribution is 5.88. The van der Waals surface area contributed by atoms with E-state index in [2.05, 4.69) is 68.5 Å². The molecule has 3 aromatic heterocycles. The van der Waals surface area contributed by atoms with Gasteiger partial charge in [-0.1, -0.05) is 12.1 Å². The van der Waals surface area contributed by atoms with E-state index in [9.17, 15) is 9.90 Å². The van der Waals surface area contributed by atoms with Crippen LogP contribution in [0, 0.1) is 6.92 Å². The van der Waals surface area contributed by atoms with Crippen LogP contribution in [0.25, 0.3) is 22.1 Å². The maximum Gasteiger partial charge on any atom is 0.407 e. The van der Waals surface area contributed by atoms with Gasteiger partial charge < -0.3 is 24.8 Å². The average molecular weight is 523 g/mol. The predicted molar refractivity (Wildman–Crippen MR) is 152 cm³/mol. The molecule has 10 heteroatoms. The summed E-state index contributed by atoms with van der Waals surface area (Å²) in [4.78, 5) is 33.2. The number of benzene rings is 2. The molecular formula is C29H30N8O2. The van der Waals surface area contributed by atoms with Crippen molar-refractivity contribution >= 4 is 45.5 Å². The minimum atomic E-state index is -0.886. The highest BCUT2D eigenvalue weighted by atomic mass is 16.4. The molecule has 198 valence electrons. The smallest absolute Gasteiger partial charge is 0.407 e. The summed E-state index contributed by atoms with van der Waals surface area (Å²) in [6.07, 6.45) is 3.32. The number of nitrogens with one attached hydrogen (secondary N) is 1. The first kappa shape index (κ1) is 24.6. The van der Waals surface area contributed by atoms with Crippen molar-refractivity contribution in [2.24, 2.45) is 7.05 Å². The van der Waals surface area contributed by atoms with E-state index in [-0.39, 0.29) is 6.04 Å². The minimum absolute atomic E-state index is 0.00872. The van der Waals surface area contributed by atoms with E-state index in [0.29, 0.717) is 31.0 Å². The van der Waals surface area contributed by atoms with Gasteiger partial charge in [-0.05, 0) is 73.4 Å². The Hall–Kier alpha value is -4.73. The fourth-order valence-corrected chi connectivity index (χ4v) is 5.27. The van der Waals surface area contributed by atoms with Crippen molar-refractivity contribution in [3.63, 3.8) is 0 Å². The van der Waals surface area contributed by atoms with Gasteiger partial charge in [0.05, 0.1) is 22.9 Å². The first-order chi connectivity index (χ1) is 18.9. The number of piperazine rings is 1. The van der Waals surface area contributed by atoms with Crippen molar-refractivity contribution in [2.75, 3.05) is 29.9 Å². The van der Waals surface area contributed by atoms with Gasteiger partial charge in [0.25, 0.3) is 0 Å². The van der Waals surface area contributed by atoms with E-state index < -0.39 is 6.09 Å². The summed E-state index contributed by atoms with van der Waals surface area (Å²) in [5, 5.41) is 12.8. The number of anilines is 3. The van der Waals surface area contributed by atoms with Gasteiger partial charge in [-0.3, -0.25) is 0 Å². The molecule has 6 rings (SSSR count). The van der Waals surface area contributed by atoms with E-state index in [1.54, 1.807) is 0 Å². The molecule has 1 amide bonds. The van der Waals surface area contributed by atoms with Crippen LogP contribution in [0.4, 0.5) is 22.1 Å². The number of hydrogen-bond donors (Lipinski definition) is 2. The number of amides is 1. The van der Waals surface area contributed by atoms with Gasteiger partial charge in [0, 0.05) is 38.4 Å². The molecule has 39 heavy (non-hydrogen) atoms. The predicted octanol–water partition coefficient (Wildman–Crippen LogP) is 4.74. The molecule has 1 aliphatic heterocycles. The maximum absolute atomic E-state index is 11.4. The van der Waals surface area contributed by atoms with Crippen LogP contribution in [0.3, 0.4) is 0 Å². The lowest BCUT2D eigenvalue weighted by molar-refractivity contribution is 0.136. The Labute approximate surface area is 226 Å². The zero-order chi connectivity index (χ0) is 27.1. The van der Waals surface area contributed by atoms with Gasteiger partial charge in [0.2, 0.25) is 0 Å². The van der Waals surface area contributed by atoms with Crippen molar-refractivity contribution in [1.82, 2.24) is 29.4 Å². The third-order valence-electron chi connectivity index (χ3n) is 7.45. The van der Waals surface area contributed by atoms with Crippen LogP contribution in [-0.2, 0) is 13.5 Å². The monoisotopic (exact) mass is 522 g/mol. The SMILES string of the molecule is Cc1cc(Nc2ncnc3ccc(N4CCN(C(=O)O)CC4C)nc23)ccc1Cc1ccc2c(c1)ncn2C. The largest absolute Gasteiger partial charge is 0.465 e. The summed E-state index contributed by atoms with van der Waals surface area (Å²) in [7, 11) is 2.00. The molecule has 2 N–H and O–H groups in total. The summed E-state index contributed by atoms with van der Waals surface area (Å²) < 4.78 is 2.03. The number of pyridine rings is 1. The number of aromatic nitrogens is 5. The number of aryl methyl sites for hydroxylation is 2. The van der Waals surface area contributed by atoms with Crippen LogP contribution in [0.1, 0.15) is 23.6 Å². The highest BCUT2D eigenvalue weighted by Crippen LogP contribution is 2.28. The van der Waals surface area contributed by atoms with Gasteiger partial charge in [-0.2, -0.15) is 0 Å². The third-order valence-corrected chi connectivity index (χ3v) is 7.45. The maximum atomic E-state index is 11.4. The molecule has 1 atom stereocenters. The Morgan fingerprint density at radius 3 is 2.72 bits per heavy atom. The number of imidazole rings is 1. The topological polar surface area (TPSA) is 112 Å². The standard InChI is InChI=1S/C29H30N8O2/c1-18-12-22(6-5-21(18)13-20-4-8-25-24(14-20)32-17-35(25)3)33-28-27-23(30-16-31-28)7-9-26(34-27)37-11-10-36(29(38)39)15-19(37)2/h4-9,12,14,16-17,19H,10-11,13,15H2,1-3H3,(H,38,39)(H,30,31,33). The van der Waals surface area contributed by atoms with Gasteiger partial charge in [0.1, 0.15) is 17.7 Å². The molecule has 0 bridgehead atoms. The molecule has 2 aromatic carbocycles. The molecule has 1 unspecified atom stereocenters. The quantitative estimate of drug-likeness (QED) is 0.340. The number of fused-ring (bicyclic) bond motifs is 2. The fourth-order valence-electron chi connectivity index (χ4n) is 5.27. The van der Waals surface area contributed by atoms with Crippen molar-refractivity contribution in [1.29, 1.82) is 0 Å². The van der Waals surface area contributed by atoms with Crippen molar-refractivity contribution in [2.45, 2.75) is 26.3 Å². The number of rotatable bonds is 5. The van der Waals surface area contributed by atoms with E-state index in [4.69, 9.17) is 4.98 Å². The van der Waals surface area contributed by atoms with Crippen LogP contribution in [0.5, 0.6) is 0 Å². The Kier molecular flexibility index (Phi) is 6.22. The van der Waals surface area contributed by atoms with Crippen LogP contribution in [0.15, 0.2) is 61.2 Å². The molecule has 0 saturated carbocycles. The molecule has 4 heterocycles. The minimum Gasteiger partial charge on any atom is -0.465 e. The first-order valence-electron chi connectivity index (χ1n) is 13.0. The van der Waals surface area contributed by atoms with Gasteiger partial charge in [0.15, 0.2) is 5.82 Å². The second-order valence-corrected chi connectivity index (χ2v) is 10.2. The molecule has 5 aromatic rings. The molecule has 0 radical (unpaired) electrons. The second kappa shape index (κ2) is 9.86. The molecule has 10 nitrogen and oxygen atoms in total. The van der Waals surface area contributed by atoms with Gasteiger partial charge in [-0.25, -0.2) is 24.7 Å². The molecular weight excluding hydrogens is 492 g/mol. The summed E-state index contributed by atoms with van der Waals surface area (Å²) in [5.74, 6) is 1.42. The van der Waals surface area contributed by atoms with Crippen LogP contribution in [-0.4, -0.2) is 66.3 Å². The van der Waals surface area contributed by atoms with Gasteiger partial charge in [-0.15, -0.1) is 0 Å². The van der Waals surface area contributed by atoms with E-state index in [1.165, 1.54) is 27.9 Å². The second-order valence-electron chi connectivity index (χ2n) is 10.2. The Morgan fingerprint density at radius 1 is 1.05 bits per heavy atom. The average Bonchev–Trinajstić information content (AvgIpc) is 3.30. The highest BCUT2D eigenvalue weighted by Gasteiger charge is 2.27. The van der Waals surface area contributed by atoms with E-state index >= 15 is 0 Å². The number of carboxylic acid groups (broad SMARTS) is 1. The zero-order valence-electron chi connectivity index (χ0n) is 22.2. The summed E-state index contributed by atoms with van der Waals surface area (Å²) in [6.45, 7) is 5.59. The van der Waals surface area contributed by atoms with Crippen LogP contribution < -0.4 is 10.2 Å². The number of nitrogens with zero attached hydrogens (tertiary/aromatic N) is 7. The Morgan fingerprint density at radius 2 is 1.92 bits per heavy atom. The van der Waals surface area contributed by atoms with Gasteiger partial charge >= 0.3 is 6.09 Å². The lowest BCUT2D eigenvalue weighted by Gasteiger charge is -2.39. The Bertz CT molecular complexity index is 1700. The normalized spacial score (nSPS) is 15.7. The number of hydrogen-bond acceptors (Lipinski definition) is 7. The molecule has 0 spiro atoms. The molecule has 0 aliphatic carbocycles. The van der Waals surface area contributed by atoms with Crippen molar-refractivity contribution in [3.05, 3.63) is 77.9 Å². The molecule has 1 aliphatic rings. The Balaban J connectivity index is 1.23. The molecule has 1 saturated heterocycles. The van der Waals surface area contributed by atoms with Crippen LogP contribution >= 0.6 is 0 Å². The third kappa shape index (κ3) is 4.81.